The maximum absolute atomic E-state index is 13.1. The van der Waals surface area contributed by atoms with Gasteiger partial charge in [0.2, 0.25) is 0 Å². The molecule has 0 aliphatic carbocycles. The fourth-order valence-electron chi connectivity index (χ4n) is 4.24. The van der Waals surface area contributed by atoms with Gasteiger partial charge >= 0.3 is 0 Å². The number of nitrogens with one attached hydrogen (secondary N) is 1. The second-order valence-electron chi connectivity index (χ2n) is 7.75. The summed E-state index contributed by atoms with van der Waals surface area (Å²) >= 11 is 0. The largest absolute Gasteiger partial charge is 0.497 e. The summed E-state index contributed by atoms with van der Waals surface area (Å²) in [6, 6.07) is 15.4. The molecule has 2 heterocycles. The van der Waals surface area contributed by atoms with Gasteiger partial charge in [0.25, 0.3) is 11.5 Å². The molecule has 1 amide bonds. The number of hydrogen-bond acceptors (Lipinski definition) is 4. The van der Waals surface area contributed by atoms with Crippen LogP contribution in [0.4, 0.5) is 0 Å². The summed E-state index contributed by atoms with van der Waals surface area (Å²) in [7, 11) is 3.34. The highest BCUT2D eigenvalue weighted by Gasteiger charge is 2.25. The Kier molecular flexibility index (Phi) is 5.86. The van der Waals surface area contributed by atoms with E-state index in [0.29, 0.717) is 22.9 Å². The van der Waals surface area contributed by atoms with E-state index in [1.807, 2.05) is 36.4 Å². The van der Waals surface area contributed by atoms with E-state index in [-0.39, 0.29) is 17.5 Å². The fourth-order valence-corrected chi connectivity index (χ4v) is 4.24. The van der Waals surface area contributed by atoms with Gasteiger partial charge in [0.1, 0.15) is 5.75 Å². The summed E-state index contributed by atoms with van der Waals surface area (Å²) in [6.45, 7) is 2.52. The molecule has 3 aromatic rings. The number of methoxy groups -OCH3 is 1. The van der Waals surface area contributed by atoms with Gasteiger partial charge in [-0.05, 0) is 49.7 Å². The van der Waals surface area contributed by atoms with Crippen molar-refractivity contribution in [2.24, 2.45) is 7.05 Å². The first-order valence-corrected chi connectivity index (χ1v) is 10.3. The molecule has 6 nitrogen and oxygen atoms in total. The van der Waals surface area contributed by atoms with Crippen LogP contribution in [0.3, 0.4) is 0 Å². The first kappa shape index (κ1) is 20.2. The number of aryl methyl sites for hydroxylation is 1. The Bertz CT molecular complexity index is 1120. The van der Waals surface area contributed by atoms with E-state index in [9.17, 15) is 9.59 Å². The molecule has 30 heavy (non-hydrogen) atoms. The Morgan fingerprint density at radius 1 is 1.10 bits per heavy atom. The number of ether oxygens (including phenoxy) is 1. The lowest BCUT2D eigenvalue weighted by Gasteiger charge is -2.28. The zero-order chi connectivity index (χ0) is 21.1. The molecule has 156 valence electrons. The van der Waals surface area contributed by atoms with Crippen LogP contribution < -0.4 is 15.6 Å². The summed E-state index contributed by atoms with van der Waals surface area (Å²) in [5.74, 6) is 0.640. The molecular weight excluding hydrogens is 378 g/mol. The van der Waals surface area contributed by atoms with Crippen molar-refractivity contribution in [3.63, 3.8) is 0 Å². The quantitative estimate of drug-likeness (QED) is 0.685. The van der Waals surface area contributed by atoms with E-state index in [2.05, 4.69) is 16.3 Å². The zero-order valence-electron chi connectivity index (χ0n) is 17.4. The number of fused-ring (bicyclic) bond motifs is 1. The molecule has 0 spiro atoms. The van der Waals surface area contributed by atoms with E-state index < -0.39 is 0 Å². The van der Waals surface area contributed by atoms with E-state index >= 15 is 0 Å². The van der Waals surface area contributed by atoms with E-state index in [4.69, 9.17) is 4.74 Å². The van der Waals surface area contributed by atoms with Crippen LogP contribution in [0.25, 0.3) is 10.8 Å². The minimum atomic E-state index is -0.172. The Morgan fingerprint density at radius 2 is 1.83 bits per heavy atom. The number of aromatic nitrogens is 1. The molecule has 0 bridgehead atoms. The van der Waals surface area contributed by atoms with Crippen molar-refractivity contribution in [2.75, 3.05) is 26.7 Å². The number of rotatable bonds is 6. The number of hydrogen-bond donors (Lipinski definition) is 1. The number of nitrogens with zero attached hydrogens (tertiary/aromatic N) is 2. The molecule has 1 N–H and O–H groups in total. The van der Waals surface area contributed by atoms with Crippen molar-refractivity contribution in [3.8, 4) is 5.75 Å². The minimum absolute atomic E-state index is 0.0744. The second kappa shape index (κ2) is 8.71. The van der Waals surface area contributed by atoms with Crippen molar-refractivity contribution < 1.29 is 9.53 Å². The monoisotopic (exact) mass is 405 g/mol. The lowest BCUT2D eigenvalue weighted by Crippen LogP contribution is -2.37. The average Bonchev–Trinajstić information content (AvgIpc) is 3.31. The van der Waals surface area contributed by atoms with Gasteiger partial charge in [-0.25, -0.2) is 0 Å². The van der Waals surface area contributed by atoms with Gasteiger partial charge < -0.3 is 14.6 Å². The number of carbonyl (C=O) groups is 1. The summed E-state index contributed by atoms with van der Waals surface area (Å²) in [5, 5.41) is 4.34. The van der Waals surface area contributed by atoms with Crippen LogP contribution in [0.2, 0.25) is 0 Å². The van der Waals surface area contributed by atoms with Gasteiger partial charge in [-0.1, -0.05) is 30.3 Å². The molecule has 0 unspecified atom stereocenters. The van der Waals surface area contributed by atoms with Crippen molar-refractivity contribution >= 4 is 16.7 Å². The molecule has 1 fully saturated rings. The Hall–Kier alpha value is -3.12. The van der Waals surface area contributed by atoms with Crippen LogP contribution >= 0.6 is 0 Å². The van der Waals surface area contributed by atoms with Crippen molar-refractivity contribution in [1.29, 1.82) is 0 Å². The highest BCUT2D eigenvalue weighted by molar-refractivity contribution is 6.06. The van der Waals surface area contributed by atoms with Crippen LogP contribution in [-0.2, 0) is 7.05 Å². The first-order valence-electron chi connectivity index (χ1n) is 10.3. The van der Waals surface area contributed by atoms with Gasteiger partial charge in [-0.3, -0.25) is 14.5 Å². The topological polar surface area (TPSA) is 63.6 Å². The average molecular weight is 405 g/mol. The molecule has 4 rings (SSSR count). The molecule has 0 radical (unpaired) electrons. The molecule has 1 atom stereocenters. The van der Waals surface area contributed by atoms with Gasteiger partial charge in [0.05, 0.1) is 18.7 Å². The minimum Gasteiger partial charge on any atom is -0.497 e. The normalized spacial score (nSPS) is 15.3. The zero-order valence-corrected chi connectivity index (χ0v) is 17.4. The Labute approximate surface area is 176 Å². The molecule has 1 aliphatic heterocycles. The number of benzene rings is 2. The third-order valence-corrected chi connectivity index (χ3v) is 5.85. The standard InChI is InChI=1S/C24H27N3O3/c1-26-16-21(19-10-3-4-11-20(19)24(26)29)23(28)25-15-22(27-12-5-6-13-27)17-8-7-9-18(14-17)30-2/h3-4,7-11,14,16,22H,5-6,12-13,15H2,1-2H3,(H,25,28)/t22-/m0/s1. The number of pyridine rings is 1. The molecule has 6 heteroatoms. The Balaban J connectivity index is 1.61. The highest BCUT2D eigenvalue weighted by Crippen LogP contribution is 2.27. The summed E-state index contributed by atoms with van der Waals surface area (Å²) in [5.41, 5.74) is 1.54. The highest BCUT2D eigenvalue weighted by atomic mass is 16.5. The summed E-state index contributed by atoms with van der Waals surface area (Å²) in [4.78, 5) is 27.9. The van der Waals surface area contributed by atoms with Crippen LogP contribution in [0.1, 0.15) is 34.8 Å². The first-order chi connectivity index (χ1) is 14.6. The maximum atomic E-state index is 13.1. The smallest absolute Gasteiger partial charge is 0.258 e. The summed E-state index contributed by atoms with van der Waals surface area (Å²) < 4.78 is 6.87. The molecule has 1 saturated heterocycles. The van der Waals surface area contributed by atoms with Gasteiger partial charge in [-0.2, -0.15) is 0 Å². The van der Waals surface area contributed by atoms with Crippen molar-refractivity contribution in [1.82, 2.24) is 14.8 Å². The van der Waals surface area contributed by atoms with Crippen LogP contribution in [-0.4, -0.2) is 42.1 Å². The third kappa shape index (κ3) is 3.96. The van der Waals surface area contributed by atoms with Crippen LogP contribution in [0.5, 0.6) is 5.75 Å². The fraction of sp³-hybridized carbons (Fsp3) is 0.333. The Morgan fingerprint density at radius 3 is 2.57 bits per heavy atom. The number of likely N-dealkylation sites (tertiary alicyclic amines) is 1. The van der Waals surface area contributed by atoms with E-state index in [1.54, 1.807) is 26.4 Å². The van der Waals surface area contributed by atoms with Crippen LogP contribution in [0, 0.1) is 0 Å². The van der Waals surface area contributed by atoms with Crippen LogP contribution in [0.15, 0.2) is 59.5 Å². The molecule has 1 aromatic heterocycles. The number of carbonyl (C=O) groups excluding carboxylic acids is 1. The molecule has 0 saturated carbocycles. The molecule has 2 aromatic carbocycles. The number of amides is 1. The molecule has 1 aliphatic rings. The summed E-state index contributed by atoms with van der Waals surface area (Å²) in [6.07, 6.45) is 3.95. The van der Waals surface area contributed by atoms with Crippen molar-refractivity contribution in [3.05, 3.63) is 76.2 Å². The van der Waals surface area contributed by atoms with Crippen molar-refractivity contribution in [2.45, 2.75) is 18.9 Å². The lowest BCUT2D eigenvalue weighted by molar-refractivity contribution is 0.0939. The lowest BCUT2D eigenvalue weighted by atomic mass is 10.0. The van der Waals surface area contributed by atoms with E-state index in [1.165, 1.54) is 17.4 Å². The maximum Gasteiger partial charge on any atom is 0.258 e. The van der Waals surface area contributed by atoms with Gasteiger partial charge in [0.15, 0.2) is 0 Å². The molecular formula is C24H27N3O3. The predicted octanol–water partition coefficient (Wildman–Crippen LogP) is 3.11. The predicted molar refractivity (Wildman–Crippen MR) is 118 cm³/mol. The van der Waals surface area contributed by atoms with Gasteiger partial charge in [-0.15, -0.1) is 0 Å². The third-order valence-electron chi connectivity index (χ3n) is 5.85. The van der Waals surface area contributed by atoms with Gasteiger partial charge in [0, 0.05) is 30.6 Å². The van der Waals surface area contributed by atoms with E-state index in [0.717, 1.165) is 24.4 Å². The second-order valence-corrected chi connectivity index (χ2v) is 7.75. The SMILES string of the molecule is COc1cccc([C@H](CNC(=O)c2cn(C)c(=O)c3ccccc23)N2CCCC2)c1.